The van der Waals surface area contributed by atoms with Gasteiger partial charge in [-0.25, -0.2) is 8.42 Å². The fourth-order valence-corrected chi connectivity index (χ4v) is 3.49. The molecule has 96 valence electrons. The summed E-state index contributed by atoms with van der Waals surface area (Å²) in [6.07, 6.45) is 2.17. The average molecular weight is 269 g/mol. The second kappa shape index (κ2) is 6.59. The van der Waals surface area contributed by atoms with Gasteiger partial charge in [0.25, 0.3) is 0 Å². The molecule has 0 aromatic heterocycles. The molecule has 1 aliphatic heterocycles. The summed E-state index contributed by atoms with van der Waals surface area (Å²) in [7, 11) is -3.09. The molecule has 4 nitrogen and oxygen atoms in total. The molecule has 0 bridgehead atoms. The minimum Gasteiger partial charge on any atom is -0.309 e. The molecule has 0 saturated carbocycles. The Morgan fingerprint density at radius 3 is 2.31 bits per heavy atom. The van der Waals surface area contributed by atoms with Crippen molar-refractivity contribution in [3.05, 3.63) is 12.7 Å². The van der Waals surface area contributed by atoms with Gasteiger partial charge in [0, 0.05) is 25.2 Å². The Bertz CT molecular complexity index is 309. The van der Waals surface area contributed by atoms with Crippen LogP contribution in [-0.2, 0) is 10.0 Å². The first-order chi connectivity index (χ1) is 6.95. The highest BCUT2D eigenvalue weighted by molar-refractivity contribution is 7.89. The number of nitrogens with zero attached hydrogens (tertiary/aromatic N) is 1. The number of hydrogen-bond donors (Lipinski definition) is 1. The van der Waals surface area contributed by atoms with E-state index in [1.54, 1.807) is 10.4 Å². The number of nitrogens with one attached hydrogen (secondary N) is 1. The number of rotatable bonds is 4. The van der Waals surface area contributed by atoms with Crippen LogP contribution in [0.15, 0.2) is 12.7 Å². The number of piperazine rings is 1. The fourth-order valence-electron chi connectivity index (χ4n) is 1.87. The van der Waals surface area contributed by atoms with Crippen molar-refractivity contribution in [2.45, 2.75) is 32.4 Å². The Morgan fingerprint density at radius 1 is 1.38 bits per heavy atom. The van der Waals surface area contributed by atoms with Crippen molar-refractivity contribution in [3.63, 3.8) is 0 Å². The molecule has 2 unspecified atom stereocenters. The van der Waals surface area contributed by atoms with Gasteiger partial charge in [0.05, 0.1) is 5.75 Å². The number of hydrogen-bond acceptors (Lipinski definition) is 3. The smallest absolute Gasteiger partial charge is 0.214 e. The predicted molar refractivity (Wildman–Crippen MR) is 69.5 cm³/mol. The molecule has 0 aromatic carbocycles. The lowest BCUT2D eigenvalue weighted by Gasteiger charge is -2.35. The summed E-state index contributed by atoms with van der Waals surface area (Å²) < 4.78 is 25.4. The molecule has 6 heteroatoms. The molecule has 2 atom stereocenters. The van der Waals surface area contributed by atoms with E-state index in [1.807, 2.05) is 13.8 Å². The number of sulfonamides is 1. The standard InChI is InChI=1S/C10H20N2O2S.ClH/c1-4-5-6-15(13,14)12-7-9(2)11-10(3)8-12;/h4,9-11H,1,5-8H2,2-3H3;1H. The van der Waals surface area contributed by atoms with Gasteiger partial charge < -0.3 is 5.32 Å². The molecule has 0 amide bonds. The van der Waals surface area contributed by atoms with Crippen LogP contribution >= 0.6 is 12.4 Å². The molecule has 0 spiro atoms. The maximum absolute atomic E-state index is 11.9. The van der Waals surface area contributed by atoms with Crippen LogP contribution in [0.4, 0.5) is 0 Å². The van der Waals surface area contributed by atoms with Crippen molar-refractivity contribution >= 4 is 22.4 Å². The number of halogens is 1. The Hall–Kier alpha value is -0.100. The van der Waals surface area contributed by atoms with Gasteiger partial charge in [-0.3, -0.25) is 0 Å². The van der Waals surface area contributed by atoms with Crippen molar-refractivity contribution in [3.8, 4) is 0 Å². The zero-order valence-electron chi connectivity index (χ0n) is 9.85. The topological polar surface area (TPSA) is 49.4 Å². The van der Waals surface area contributed by atoms with Crippen LogP contribution in [-0.4, -0.2) is 43.6 Å². The van der Waals surface area contributed by atoms with E-state index in [2.05, 4.69) is 11.9 Å². The molecule has 1 aliphatic rings. The Balaban J connectivity index is 0.00000225. The Morgan fingerprint density at radius 2 is 1.88 bits per heavy atom. The molecular formula is C10H21ClN2O2S. The zero-order valence-corrected chi connectivity index (χ0v) is 11.5. The molecule has 0 aliphatic carbocycles. The molecular weight excluding hydrogens is 248 g/mol. The zero-order chi connectivity index (χ0) is 11.5. The van der Waals surface area contributed by atoms with Gasteiger partial charge in [0.1, 0.15) is 0 Å². The summed E-state index contributed by atoms with van der Waals surface area (Å²) in [6, 6.07) is 0.458. The van der Waals surface area contributed by atoms with Crippen LogP contribution < -0.4 is 5.32 Å². The third kappa shape index (κ3) is 4.41. The molecule has 1 N–H and O–H groups in total. The molecule has 16 heavy (non-hydrogen) atoms. The van der Waals surface area contributed by atoms with Gasteiger partial charge in [-0.2, -0.15) is 4.31 Å². The third-order valence-corrected chi connectivity index (χ3v) is 4.33. The first-order valence-corrected chi connectivity index (χ1v) is 6.91. The predicted octanol–water partition coefficient (Wildman–Crippen LogP) is 0.996. The van der Waals surface area contributed by atoms with E-state index in [0.29, 0.717) is 19.5 Å². The van der Waals surface area contributed by atoms with E-state index >= 15 is 0 Å². The first kappa shape index (κ1) is 15.9. The quantitative estimate of drug-likeness (QED) is 0.774. The van der Waals surface area contributed by atoms with Gasteiger partial charge in [-0.15, -0.1) is 19.0 Å². The molecule has 1 rings (SSSR count). The van der Waals surface area contributed by atoms with Crippen molar-refractivity contribution in [1.29, 1.82) is 0 Å². The van der Waals surface area contributed by atoms with Gasteiger partial charge >= 0.3 is 0 Å². The second-order valence-corrected chi connectivity index (χ2v) is 6.27. The Labute approximate surface area is 105 Å². The van der Waals surface area contributed by atoms with Crippen LogP contribution in [0.1, 0.15) is 20.3 Å². The summed E-state index contributed by atoms with van der Waals surface area (Å²) in [5.74, 6) is 0.177. The highest BCUT2D eigenvalue weighted by atomic mass is 35.5. The molecule has 1 fully saturated rings. The lowest BCUT2D eigenvalue weighted by Crippen LogP contribution is -2.56. The van der Waals surface area contributed by atoms with Crippen LogP contribution in [0.5, 0.6) is 0 Å². The fraction of sp³-hybridized carbons (Fsp3) is 0.800. The average Bonchev–Trinajstić information content (AvgIpc) is 2.13. The van der Waals surface area contributed by atoms with E-state index in [0.717, 1.165) is 0 Å². The summed E-state index contributed by atoms with van der Waals surface area (Å²) in [6.45, 7) is 8.70. The molecule has 1 saturated heterocycles. The normalized spacial score (nSPS) is 27.1. The van der Waals surface area contributed by atoms with Gasteiger partial charge in [-0.05, 0) is 20.3 Å². The van der Waals surface area contributed by atoms with Crippen molar-refractivity contribution < 1.29 is 8.42 Å². The van der Waals surface area contributed by atoms with Crippen molar-refractivity contribution in [2.24, 2.45) is 0 Å². The molecule has 1 heterocycles. The SMILES string of the molecule is C=CCCS(=O)(=O)N1CC(C)NC(C)C1.Cl. The van der Waals surface area contributed by atoms with E-state index in [1.165, 1.54) is 0 Å². The maximum atomic E-state index is 11.9. The van der Waals surface area contributed by atoms with Gasteiger partial charge in [-0.1, -0.05) is 6.08 Å². The summed E-state index contributed by atoms with van der Waals surface area (Å²) >= 11 is 0. The van der Waals surface area contributed by atoms with Crippen LogP contribution in [0.25, 0.3) is 0 Å². The van der Waals surface area contributed by atoms with Crippen LogP contribution in [0.2, 0.25) is 0 Å². The lowest BCUT2D eigenvalue weighted by atomic mass is 10.2. The van der Waals surface area contributed by atoms with Gasteiger partial charge in [0.2, 0.25) is 10.0 Å². The van der Waals surface area contributed by atoms with E-state index in [-0.39, 0.29) is 30.2 Å². The minimum absolute atomic E-state index is 0. The summed E-state index contributed by atoms with van der Waals surface area (Å²) in [5.41, 5.74) is 0. The van der Waals surface area contributed by atoms with E-state index in [9.17, 15) is 8.42 Å². The summed E-state index contributed by atoms with van der Waals surface area (Å²) in [5, 5.41) is 3.31. The first-order valence-electron chi connectivity index (χ1n) is 5.30. The van der Waals surface area contributed by atoms with Gasteiger partial charge in [0.15, 0.2) is 0 Å². The van der Waals surface area contributed by atoms with Crippen molar-refractivity contribution in [1.82, 2.24) is 9.62 Å². The second-order valence-electron chi connectivity index (χ2n) is 4.18. The monoisotopic (exact) mass is 268 g/mol. The maximum Gasteiger partial charge on any atom is 0.214 e. The number of allylic oxidation sites excluding steroid dienone is 1. The summed E-state index contributed by atoms with van der Waals surface area (Å²) in [4.78, 5) is 0. The van der Waals surface area contributed by atoms with Crippen molar-refractivity contribution in [2.75, 3.05) is 18.8 Å². The lowest BCUT2D eigenvalue weighted by molar-refractivity contribution is 0.263. The van der Waals surface area contributed by atoms with Crippen LogP contribution in [0, 0.1) is 0 Å². The minimum atomic E-state index is -3.09. The van der Waals surface area contributed by atoms with E-state index < -0.39 is 10.0 Å². The van der Waals surface area contributed by atoms with E-state index in [4.69, 9.17) is 0 Å². The third-order valence-electron chi connectivity index (χ3n) is 2.50. The van der Waals surface area contributed by atoms with Crippen LogP contribution in [0.3, 0.4) is 0 Å². The highest BCUT2D eigenvalue weighted by Gasteiger charge is 2.29. The highest BCUT2D eigenvalue weighted by Crippen LogP contribution is 2.10. The molecule has 0 radical (unpaired) electrons. The molecule has 0 aromatic rings. The Kier molecular flexibility index (Phi) is 6.55. The largest absolute Gasteiger partial charge is 0.309 e.